The van der Waals surface area contributed by atoms with Gasteiger partial charge in [-0.15, -0.1) is 0 Å². The largest absolute Gasteiger partial charge is 0.394 e. The molecule has 1 amide bonds. The van der Waals surface area contributed by atoms with E-state index < -0.39 is 80.5 Å². The third kappa shape index (κ3) is 4.31. The van der Waals surface area contributed by atoms with Crippen molar-refractivity contribution in [3.63, 3.8) is 0 Å². The monoisotopic (exact) mass is 383 g/mol. The molecule has 26 heavy (non-hydrogen) atoms. The van der Waals surface area contributed by atoms with Crippen molar-refractivity contribution in [2.24, 2.45) is 0 Å². The number of ether oxygens (including phenoxy) is 3. The van der Waals surface area contributed by atoms with Crippen molar-refractivity contribution in [1.29, 1.82) is 0 Å². The maximum atomic E-state index is 11.4. The molecule has 0 aromatic heterocycles. The van der Waals surface area contributed by atoms with Gasteiger partial charge in [0.1, 0.15) is 48.8 Å². The Morgan fingerprint density at radius 2 is 1.54 bits per heavy atom. The van der Waals surface area contributed by atoms with Crippen molar-refractivity contribution in [3.05, 3.63) is 0 Å². The van der Waals surface area contributed by atoms with Crippen molar-refractivity contribution in [2.75, 3.05) is 13.2 Å². The molecule has 2 aliphatic heterocycles. The van der Waals surface area contributed by atoms with Crippen LogP contribution in [0.1, 0.15) is 6.92 Å². The molecule has 0 bridgehead atoms. The predicted octanol–water partition coefficient (Wildman–Crippen LogP) is -5.25. The van der Waals surface area contributed by atoms with E-state index in [1.165, 1.54) is 0 Å². The maximum Gasteiger partial charge on any atom is 0.217 e. The van der Waals surface area contributed by atoms with Crippen LogP contribution in [0.2, 0.25) is 0 Å². The van der Waals surface area contributed by atoms with Crippen LogP contribution in [0.4, 0.5) is 0 Å². The lowest BCUT2D eigenvalue weighted by Gasteiger charge is -2.46. The first-order valence-corrected chi connectivity index (χ1v) is 8.06. The third-order valence-electron chi connectivity index (χ3n) is 4.38. The molecule has 0 saturated carbocycles. The Morgan fingerprint density at radius 3 is 2.08 bits per heavy atom. The van der Waals surface area contributed by atoms with Gasteiger partial charge in [-0.3, -0.25) is 4.79 Å². The number of aliphatic hydroxyl groups is 7. The number of hydrogen-bond acceptors (Lipinski definition) is 11. The van der Waals surface area contributed by atoms with E-state index in [-0.39, 0.29) is 0 Å². The molecule has 0 unspecified atom stereocenters. The molecule has 0 aromatic rings. The normalized spacial score (nSPS) is 46.8. The third-order valence-corrected chi connectivity index (χ3v) is 4.38. The van der Waals surface area contributed by atoms with E-state index in [1.807, 2.05) is 0 Å². The molecule has 8 N–H and O–H groups in total. The van der Waals surface area contributed by atoms with E-state index in [4.69, 9.17) is 14.2 Å². The molecule has 152 valence electrons. The van der Waals surface area contributed by atoms with Crippen LogP contribution in [0.15, 0.2) is 0 Å². The van der Waals surface area contributed by atoms with Gasteiger partial charge in [-0.2, -0.15) is 0 Å². The zero-order chi connectivity index (χ0) is 19.6. The molecule has 10 atom stereocenters. The molecule has 2 saturated heterocycles. The summed E-state index contributed by atoms with van der Waals surface area (Å²) in [5.74, 6) is -0.574. The number of rotatable bonds is 5. The number of aliphatic hydroxyl groups excluding tert-OH is 7. The van der Waals surface area contributed by atoms with Crippen LogP contribution in [0, 0.1) is 0 Å². The minimum Gasteiger partial charge on any atom is -0.394 e. The van der Waals surface area contributed by atoms with Gasteiger partial charge >= 0.3 is 0 Å². The van der Waals surface area contributed by atoms with Gasteiger partial charge in [-0.1, -0.05) is 0 Å². The number of carbonyl (C=O) groups is 1. The molecular weight excluding hydrogens is 358 g/mol. The van der Waals surface area contributed by atoms with Gasteiger partial charge in [-0.05, 0) is 0 Å². The SMILES string of the molecule is CC(=O)N[C@@H]1[C@H](O[C@H]2[C@H](O)[C@@H](O)[C@H](O)O[C@@H]2CO)O[C@H](CO)[C@@H](O)[C@@H]1O. The summed E-state index contributed by atoms with van der Waals surface area (Å²) in [6.07, 6.45) is -13.6. The van der Waals surface area contributed by atoms with Crippen LogP contribution in [0.3, 0.4) is 0 Å². The van der Waals surface area contributed by atoms with Crippen LogP contribution in [0.5, 0.6) is 0 Å². The second-order valence-electron chi connectivity index (χ2n) is 6.26. The van der Waals surface area contributed by atoms with Gasteiger partial charge < -0.3 is 55.3 Å². The van der Waals surface area contributed by atoms with Crippen molar-refractivity contribution in [3.8, 4) is 0 Å². The van der Waals surface area contributed by atoms with Gasteiger partial charge in [0.25, 0.3) is 0 Å². The van der Waals surface area contributed by atoms with Crippen molar-refractivity contribution >= 4 is 5.91 Å². The van der Waals surface area contributed by atoms with Gasteiger partial charge in [0.2, 0.25) is 5.91 Å². The first-order valence-electron chi connectivity index (χ1n) is 8.06. The number of hydrogen-bond donors (Lipinski definition) is 8. The van der Waals surface area contributed by atoms with Crippen LogP contribution in [-0.2, 0) is 19.0 Å². The smallest absolute Gasteiger partial charge is 0.217 e. The minimum atomic E-state index is -1.75. The summed E-state index contributed by atoms with van der Waals surface area (Å²) in [6, 6.07) is -1.28. The van der Waals surface area contributed by atoms with Crippen LogP contribution < -0.4 is 5.32 Å². The fourth-order valence-electron chi connectivity index (χ4n) is 2.98. The molecule has 2 fully saturated rings. The zero-order valence-corrected chi connectivity index (χ0v) is 14.0. The highest BCUT2D eigenvalue weighted by Crippen LogP contribution is 2.28. The lowest BCUT2D eigenvalue weighted by Crippen LogP contribution is -2.67. The second kappa shape index (κ2) is 8.84. The predicted molar refractivity (Wildman–Crippen MR) is 80.2 cm³/mol. The highest BCUT2D eigenvalue weighted by Gasteiger charge is 2.50. The topological polar surface area (TPSA) is 198 Å². The summed E-state index contributed by atoms with van der Waals surface area (Å²) in [6.45, 7) is -0.194. The number of nitrogens with one attached hydrogen (secondary N) is 1. The average Bonchev–Trinajstić information content (AvgIpc) is 2.60. The van der Waals surface area contributed by atoms with Crippen LogP contribution in [0.25, 0.3) is 0 Å². The van der Waals surface area contributed by atoms with Crippen molar-refractivity contribution in [1.82, 2.24) is 5.32 Å². The van der Waals surface area contributed by atoms with Gasteiger partial charge in [0.15, 0.2) is 12.6 Å². The molecule has 2 heterocycles. The Balaban J connectivity index is 2.22. The molecule has 0 aromatic carbocycles. The van der Waals surface area contributed by atoms with Gasteiger partial charge in [-0.25, -0.2) is 0 Å². The van der Waals surface area contributed by atoms with E-state index in [0.717, 1.165) is 6.92 Å². The Hall–Kier alpha value is -0.930. The summed E-state index contributed by atoms with van der Waals surface area (Å²) in [7, 11) is 0. The minimum absolute atomic E-state index is 0.574. The molecule has 2 aliphatic rings. The Kier molecular flexibility index (Phi) is 7.27. The van der Waals surface area contributed by atoms with E-state index in [0.29, 0.717) is 0 Å². The van der Waals surface area contributed by atoms with Gasteiger partial charge in [0.05, 0.1) is 13.2 Å². The Morgan fingerprint density at radius 1 is 0.923 bits per heavy atom. The summed E-state index contributed by atoms with van der Waals surface area (Å²) in [5, 5.41) is 70.5. The van der Waals surface area contributed by atoms with Crippen molar-refractivity contribution in [2.45, 2.75) is 68.3 Å². The highest BCUT2D eigenvalue weighted by molar-refractivity contribution is 5.73. The summed E-state index contributed by atoms with van der Waals surface area (Å²) >= 11 is 0. The summed E-state index contributed by atoms with van der Waals surface area (Å²) in [5.41, 5.74) is 0. The standard InChI is InChI=1S/C14H25NO11/c1-4(18)15-7-9(20)8(19)5(2-16)25-14(7)26-12-6(3-17)24-13(23)11(22)10(12)21/h5-14,16-17,19-23H,2-3H2,1H3,(H,15,18)/t5-,6-,7+,8-,9-,10-,11-,12-,13-,14+/m1/s1. The molecule has 0 spiro atoms. The van der Waals surface area contributed by atoms with E-state index in [2.05, 4.69) is 5.32 Å². The summed E-state index contributed by atoms with van der Waals surface area (Å²) in [4.78, 5) is 11.4. The van der Waals surface area contributed by atoms with Crippen molar-refractivity contribution < 1.29 is 54.8 Å². The second-order valence-corrected chi connectivity index (χ2v) is 6.26. The zero-order valence-electron chi connectivity index (χ0n) is 14.0. The first kappa shape index (κ1) is 21.4. The van der Waals surface area contributed by atoms with Gasteiger partial charge in [0, 0.05) is 6.92 Å². The van der Waals surface area contributed by atoms with E-state index in [9.17, 15) is 40.5 Å². The molecule has 2 rings (SSSR count). The number of amides is 1. The highest BCUT2D eigenvalue weighted by atomic mass is 16.7. The fraction of sp³-hybridized carbons (Fsp3) is 0.929. The Bertz CT molecular complexity index is 478. The van der Waals surface area contributed by atoms with Crippen LogP contribution in [-0.4, -0.2) is 116 Å². The molecular formula is C14H25NO11. The average molecular weight is 383 g/mol. The lowest BCUT2D eigenvalue weighted by molar-refractivity contribution is -0.341. The van der Waals surface area contributed by atoms with E-state index >= 15 is 0 Å². The first-order chi connectivity index (χ1) is 12.2. The quantitative estimate of drug-likeness (QED) is 0.226. The van der Waals surface area contributed by atoms with E-state index in [1.54, 1.807) is 0 Å². The fourth-order valence-corrected chi connectivity index (χ4v) is 2.98. The van der Waals surface area contributed by atoms with Crippen LogP contribution >= 0.6 is 0 Å². The lowest BCUT2D eigenvalue weighted by atomic mass is 9.95. The molecule has 12 heteroatoms. The summed E-state index contributed by atoms with van der Waals surface area (Å²) < 4.78 is 15.8. The molecule has 12 nitrogen and oxygen atoms in total. The number of carbonyl (C=O) groups excluding carboxylic acids is 1. The molecule has 0 aliphatic carbocycles. The Labute approximate surface area is 148 Å². The maximum absolute atomic E-state index is 11.4. The molecule has 0 radical (unpaired) electrons.